The highest BCUT2D eigenvalue weighted by Crippen LogP contribution is 2.10. The molecule has 0 fully saturated rings. The Bertz CT molecular complexity index is 614. The molecule has 0 aliphatic rings. The molecule has 0 unspecified atom stereocenters. The van der Waals surface area contributed by atoms with Crippen LogP contribution in [0.5, 0.6) is 0 Å². The number of nitrogens with one attached hydrogen (secondary N) is 2. The minimum absolute atomic E-state index is 0.340. The van der Waals surface area contributed by atoms with Gasteiger partial charge in [0.25, 0.3) is 11.7 Å². The van der Waals surface area contributed by atoms with Gasteiger partial charge in [0.15, 0.2) is 0 Å². The van der Waals surface area contributed by atoms with E-state index in [1.54, 1.807) is 0 Å². The molecular formula is C18H26N6+2. The maximum absolute atomic E-state index is 5.54. The van der Waals surface area contributed by atoms with Crippen LogP contribution >= 0.6 is 0 Å². The van der Waals surface area contributed by atoms with Crippen LogP contribution in [0.4, 0.5) is 11.4 Å². The van der Waals surface area contributed by atoms with Crippen LogP contribution in [0, 0.1) is 0 Å². The third kappa shape index (κ3) is 5.31. The van der Waals surface area contributed by atoms with Crippen LogP contribution in [0.25, 0.3) is 0 Å². The van der Waals surface area contributed by atoms with Crippen molar-refractivity contribution in [3.05, 3.63) is 59.7 Å². The zero-order chi connectivity index (χ0) is 17.4. The Morgan fingerprint density at radius 1 is 0.667 bits per heavy atom. The van der Waals surface area contributed by atoms with Crippen molar-refractivity contribution >= 4 is 23.0 Å². The average molecular weight is 326 g/mol. The van der Waals surface area contributed by atoms with E-state index < -0.39 is 0 Å². The Labute approximate surface area is 142 Å². The predicted molar refractivity (Wildman–Crippen MR) is 99.5 cm³/mol. The molecule has 6 heteroatoms. The van der Waals surface area contributed by atoms with Crippen molar-refractivity contribution in [3.63, 3.8) is 0 Å². The molecular weight excluding hydrogens is 300 g/mol. The van der Waals surface area contributed by atoms with E-state index in [-0.39, 0.29) is 0 Å². The van der Waals surface area contributed by atoms with Gasteiger partial charge < -0.3 is 10.6 Å². The Morgan fingerprint density at radius 2 is 1.00 bits per heavy atom. The summed E-state index contributed by atoms with van der Waals surface area (Å²) in [6, 6.07) is 15.6. The average Bonchev–Trinajstić information content (AvgIpc) is 2.58. The second-order valence-electron chi connectivity index (χ2n) is 5.63. The zero-order valence-corrected chi connectivity index (χ0v) is 13.8. The van der Waals surface area contributed by atoms with Gasteiger partial charge in [-0.1, -0.05) is 0 Å². The van der Waals surface area contributed by atoms with E-state index in [0.29, 0.717) is 11.7 Å². The summed E-state index contributed by atoms with van der Waals surface area (Å²) in [6.45, 7) is 1.83. The molecule has 2 aromatic carbocycles. The van der Waals surface area contributed by atoms with Gasteiger partial charge in [0.05, 0.1) is 11.1 Å². The summed E-state index contributed by atoms with van der Waals surface area (Å²) in [5.74, 6) is 0.681. The van der Waals surface area contributed by atoms with Crippen molar-refractivity contribution in [2.75, 3.05) is 23.7 Å². The van der Waals surface area contributed by atoms with Gasteiger partial charge in [-0.05, 0) is 61.4 Å². The molecule has 6 nitrogen and oxygen atoms in total. The van der Waals surface area contributed by atoms with E-state index in [1.165, 1.54) is 0 Å². The number of hydrogen-bond acceptors (Lipinski definition) is 2. The number of unbranched alkanes of at least 4 members (excludes halogenated alkanes) is 1. The molecule has 0 aliphatic heterocycles. The van der Waals surface area contributed by atoms with Gasteiger partial charge in [0.2, 0.25) is 0 Å². The van der Waals surface area contributed by atoms with Crippen LogP contribution in [0.15, 0.2) is 48.5 Å². The van der Waals surface area contributed by atoms with Gasteiger partial charge in [-0.15, -0.1) is 0 Å². The molecule has 0 bridgehead atoms. The molecule has 126 valence electrons. The van der Waals surface area contributed by atoms with Crippen LogP contribution < -0.4 is 32.9 Å². The van der Waals surface area contributed by atoms with Crippen molar-refractivity contribution in [1.82, 2.24) is 0 Å². The molecule has 2 rings (SSSR count). The van der Waals surface area contributed by atoms with Crippen molar-refractivity contribution in [2.45, 2.75) is 12.8 Å². The van der Waals surface area contributed by atoms with E-state index in [2.05, 4.69) is 10.6 Å². The fourth-order valence-electron chi connectivity index (χ4n) is 2.28. The number of benzene rings is 2. The fourth-order valence-corrected chi connectivity index (χ4v) is 2.28. The summed E-state index contributed by atoms with van der Waals surface area (Å²) in [4.78, 5) is 0. The number of rotatable bonds is 9. The van der Waals surface area contributed by atoms with Gasteiger partial charge in [-0.2, -0.15) is 0 Å². The van der Waals surface area contributed by atoms with Crippen LogP contribution in [-0.2, 0) is 0 Å². The Morgan fingerprint density at radius 3 is 1.29 bits per heavy atom. The van der Waals surface area contributed by atoms with Crippen LogP contribution in [0.3, 0.4) is 0 Å². The Hall–Kier alpha value is -3.02. The molecule has 0 saturated heterocycles. The highest BCUT2D eigenvalue weighted by molar-refractivity contribution is 5.93. The first-order valence-corrected chi connectivity index (χ1v) is 8.00. The molecule has 0 saturated carbocycles. The van der Waals surface area contributed by atoms with Gasteiger partial charge in [0.1, 0.15) is 0 Å². The number of amidine groups is 2. The van der Waals surface area contributed by atoms with Crippen molar-refractivity contribution in [2.24, 2.45) is 11.5 Å². The smallest absolute Gasteiger partial charge is 0.270 e. The molecule has 0 amide bonds. The highest BCUT2D eigenvalue weighted by Gasteiger charge is 2.01. The maximum atomic E-state index is 5.54. The molecule has 2 aromatic rings. The van der Waals surface area contributed by atoms with Gasteiger partial charge >= 0.3 is 0 Å². The molecule has 0 heterocycles. The summed E-state index contributed by atoms with van der Waals surface area (Å²) < 4.78 is 0. The molecule has 24 heavy (non-hydrogen) atoms. The molecule has 0 spiro atoms. The highest BCUT2D eigenvalue weighted by atomic mass is 14.9. The van der Waals surface area contributed by atoms with E-state index in [9.17, 15) is 0 Å². The lowest BCUT2D eigenvalue weighted by Gasteiger charge is -2.08. The van der Waals surface area contributed by atoms with Crippen LogP contribution in [0.2, 0.25) is 0 Å². The van der Waals surface area contributed by atoms with E-state index >= 15 is 0 Å². The lowest BCUT2D eigenvalue weighted by Crippen LogP contribution is -2.46. The minimum atomic E-state index is 0.340. The molecule has 0 atom stereocenters. The third-order valence-electron chi connectivity index (χ3n) is 3.70. The van der Waals surface area contributed by atoms with Gasteiger partial charge in [-0.25, -0.2) is 0 Å². The molecule has 10 N–H and O–H groups in total. The normalized spacial score (nSPS) is 10.2. The standard InChI is InChI=1S/C18H24N6/c19-17(20)13-3-7-15(8-4-13)23-11-1-2-12-24-16-9-5-14(6-10-16)18(21)22/h3-10,23-24H,1-2,11-12H2,(H3,19,20)(H3,21,22)/p+2. The van der Waals surface area contributed by atoms with Crippen molar-refractivity contribution < 1.29 is 10.8 Å². The predicted octanol–water partition coefficient (Wildman–Crippen LogP) is -1.08. The lowest BCUT2D eigenvalue weighted by molar-refractivity contribution is -0.115. The van der Waals surface area contributed by atoms with Crippen molar-refractivity contribution in [1.29, 1.82) is 0 Å². The fraction of sp³-hybridized carbons (Fsp3) is 0.222. The molecule has 0 radical (unpaired) electrons. The van der Waals surface area contributed by atoms with Gasteiger partial charge in [-0.3, -0.25) is 22.3 Å². The second kappa shape index (κ2) is 8.57. The first-order chi connectivity index (χ1) is 11.6. The number of hydrogen-bond donors (Lipinski definition) is 6. The molecule has 0 aromatic heterocycles. The minimum Gasteiger partial charge on any atom is -0.385 e. The number of anilines is 2. The second-order valence-corrected chi connectivity index (χ2v) is 5.63. The zero-order valence-electron chi connectivity index (χ0n) is 13.8. The number of nitrogens with two attached hydrogens (primary N) is 4. The van der Waals surface area contributed by atoms with E-state index in [0.717, 1.165) is 48.4 Å². The third-order valence-corrected chi connectivity index (χ3v) is 3.70. The van der Waals surface area contributed by atoms with E-state index in [1.807, 2.05) is 48.5 Å². The largest absolute Gasteiger partial charge is 0.385 e. The van der Waals surface area contributed by atoms with Crippen LogP contribution in [0.1, 0.15) is 24.0 Å². The lowest BCUT2D eigenvalue weighted by atomic mass is 10.2. The van der Waals surface area contributed by atoms with Crippen LogP contribution in [-0.4, -0.2) is 24.8 Å². The first-order valence-electron chi connectivity index (χ1n) is 8.00. The van der Waals surface area contributed by atoms with E-state index in [4.69, 9.17) is 22.3 Å². The summed E-state index contributed by atoms with van der Waals surface area (Å²) in [5.41, 5.74) is 14.9. The summed E-state index contributed by atoms with van der Waals surface area (Å²) in [6.07, 6.45) is 2.14. The first kappa shape index (κ1) is 17.3. The van der Waals surface area contributed by atoms with Gasteiger partial charge in [0, 0.05) is 24.5 Å². The quantitative estimate of drug-likeness (QED) is 0.199. The molecule has 0 aliphatic carbocycles. The van der Waals surface area contributed by atoms with Crippen molar-refractivity contribution in [3.8, 4) is 0 Å². The topological polar surface area (TPSA) is 127 Å². The summed E-state index contributed by atoms with van der Waals surface area (Å²) in [7, 11) is 0. The Balaban J connectivity index is 1.62. The SMILES string of the molecule is NC(=[NH2+])c1ccc(NCCCCNc2ccc(C(N)=[NH2+])cc2)cc1. The summed E-state index contributed by atoms with van der Waals surface area (Å²) >= 11 is 0. The maximum Gasteiger partial charge on any atom is 0.270 e. The monoisotopic (exact) mass is 326 g/mol. The summed E-state index contributed by atoms with van der Waals surface area (Å²) in [5, 5.41) is 17.8. The Kier molecular flexibility index (Phi) is 6.19.